The molecular weight excluding hydrogens is 413 g/mol. The average molecular weight is 433 g/mol. The van der Waals surface area contributed by atoms with Crippen LogP contribution in [0.3, 0.4) is 0 Å². The standard InChI is InChI=1S/C16H20INO5/c17-5-7-21-9-11-23-12-10-22-8-6-18-15(19)13-3-1-2-4-14(13)16(18)20/h1-4H,5-12H2. The molecule has 2 amide bonds. The molecule has 0 N–H and O–H groups in total. The van der Waals surface area contributed by atoms with E-state index in [4.69, 9.17) is 14.2 Å². The second-order valence-corrected chi connectivity index (χ2v) is 5.91. The molecule has 6 nitrogen and oxygen atoms in total. The number of carbonyl (C=O) groups is 2. The van der Waals surface area contributed by atoms with Gasteiger partial charge in [0.2, 0.25) is 0 Å². The molecule has 23 heavy (non-hydrogen) atoms. The van der Waals surface area contributed by atoms with Crippen molar-refractivity contribution >= 4 is 34.4 Å². The Kier molecular flexibility index (Phi) is 7.93. The molecule has 0 radical (unpaired) electrons. The van der Waals surface area contributed by atoms with Crippen molar-refractivity contribution in [3.8, 4) is 0 Å². The molecule has 1 aromatic rings. The quantitative estimate of drug-likeness (QED) is 0.230. The first-order chi connectivity index (χ1) is 11.3. The molecule has 1 heterocycles. The van der Waals surface area contributed by atoms with E-state index in [9.17, 15) is 9.59 Å². The highest BCUT2D eigenvalue weighted by Gasteiger charge is 2.34. The van der Waals surface area contributed by atoms with E-state index >= 15 is 0 Å². The minimum absolute atomic E-state index is 0.252. The van der Waals surface area contributed by atoms with Gasteiger partial charge >= 0.3 is 0 Å². The van der Waals surface area contributed by atoms with Crippen molar-refractivity contribution in [2.45, 2.75) is 0 Å². The number of carbonyl (C=O) groups excluding carboxylic acids is 2. The topological polar surface area (TPSA) is 65.1 Å². The first-order valence-corrected chi connectivity index (χ1v) is 9.02. The van der Waals surface area contributed by atoms with Gasteiger partial charge in [0, 0.05) is 4.43 Å². The van der Waals surface area contributed by atoms with E-state index < -0.39 is 0 Å². The number of fused-ring (bicyclic) bond motifs is 1. The highest BCUT2D eigenvalue weighted by atomic mass is 127. The Hall–Kier alpha value is -1.03. The molecule has 1 aliphatic heterocycles. The summed E-state index contributed by atoms with van der Waals surface area (Å²) >= 11 is 2.25. The Labute approximate surface area is 149 Å². The van der Waals surface area contributed by atoms with Crippen LogP contribution in [0.1, 0.15) is 20.7 Å². The van der Waals surface area contributed by atoms with Crippen LogP contribution in [0.5, 0.6) is 0 Å². The van der Waals surface area contributed by atoms with Crippen LogP contribution in [0.15, 0.2) is 24.3 Å². The third-order valence-electron chi connectivity index (χ3n) is 3.30. The molecule has 0 spiro atoms. The number of hydrogen-bond donors (Lipinski definition) is 0. The second-order valence-electron chi connectivity index (χ2n) is 4.83. The lowest BCUT2D eigenvalue weighted by molar-refractivity contribution is 0.0138. The Balaban J connectivity index is 1.57. The lowest BCUT2D eigenvalue weighted by Crippen LogP contribution is -2.33. The molecular formula is C16H20INO5. The smallest absolute Gasteiger partial charge is 0.261 e. The zero-order chi connectivity index (χ0) is 16.5. The first-order valence-electron chi connectivity index (χ1n) is 7.50. The van der Waals surface area contributed by atoms with Crippen LogP contribution in [0.4, 0.5) is 0 Å². The summed E-state index contributed by atoms with van der Waals surface area (Å²) in [5, 5.41) is 0. The minimum Gasteiger partial charge on any atom is -0.378 e. The van der Waals surface area contributed by atoms with Crippen LogP contribution in [0, 0.1) is 0 Å². The van der Waals surface area contributed by atoms with Crippen molar-refractivity contribution in [1.29, 1.82) is 0 Å². The van der Waals surface area contributed by atoms with Gasteiger partial charge < -0.3 is 14.2 Å². The van der Waals surface area contributed by atoms with Gasteiger partial charge in [-0.05, 0) is 12.1 Å². The molecule has 0 aromatic heterocycles. The lowest BCUT2D eigenvalue weighted by Gasteiger charge is -2.13. The number of imide groups is 1. The van der Waals surface area contributed by atoms with Crippen molar-refractivity contribution in [3.05, 3.63) is 35.4 Å². The van der Waals surface area contributed by atoms with Gasteiger partial charge in [-0.1, -0.05) is 34.7 Å². The van der Waals surface area contributed by atoms with Gasteiger partial charge in [-0.2, -0.15) is 0 Å². The molecule has 126 valence electrons. The largest absolute Gasteiger partial charge is 0.378 e. The number of hydrogen-bond acceptors (Lipinski definition) is 5. The fourth-order valence-corrected chi connectivity index (χ4v) is 2.51. The third-order valence-corrected chi connectivity index (χ3v) is 3.74. The summed E-state index contributed by atoms with van der Waals surface area (Å²) in [4.78, 5) is 25.4. The normalized spacial score (nSPS) is 13.7. The molecule has 0 saturated carbocycles. The number of ether oxygens (including phenoxy) is 3. The van der Waals surface area contributed by atoms with Gasteiger partial charge in [0.15, 0.2) is 0 Å². The fraction of sp³-hybridized carbons (Fsp3) is 0.500. The summed E-state index contributed by atoms with van der Waals surface area (Å²) < 4.78 is 17.0. The van der Waals surface area contributed by atoms with Crippen molar-refractivity contribution < 1.29 is 23.8 Å². The van der Waals surface area contributed by atoms with Gasteiger partial charge in [0.25, 0.3) is 11.8 Å². The number of halogens is 1. The van der Waals surface area contributed by atoms with Crippen LogP contribution in [-0.4, -0.2) is 67.3 Å². The third kappa shape index (κ3) is 5.23. The Morgan fingerprint density at radius 3 is 1.78 bits per heavy atom. The summed E-state index contributed by atoms with van der Waals surface area (Å²) in [5.74, 6) is -0.504. The number of nitrogens with zero attached hydrogens (tertiary/aromatic N) is 1. The van der Waals surface area contributed by atoms with Crippen LogP contribution in [0.25, 0.3) is 0 Å². The predicted octanol–water partition coefficient (Wildman–Crippen LogP) is 1.77. The monoisotopic (exact) mass is 433 g/mol. The van der Waals surface area contributed by atoms with E-state index in [1.54, 1.807) is 24.3 Å². The summed E-state index contributed by atoms with van der Waals surface area (Å²) in [6.07, 6.45) is 0. The molecule has 0 saturated heterocycles. The number of rotatable bonds is 11. The van der Waals surface area contributed by atoms with Gasteiger partial charge in [0.05, 0.1) is 57.3 Å². The van der Waals surface area contributed by atoms with Crippen molar-refractivity contribution in [3.63, 3.8) is 0 Å². The van der Waals surface area contributed by atoms with Gasteiger partial charge in [-0.25, -0.2) is 0 Å². The van der Waals surface area contributed by atoms with Gasteiger partial charge in [-0.3, -0.25) is 14.5 Å². The summed E-state index contributed by atoms with van der Waals surface area (Å²) in [6, 6.07) is 6.85. The first kappa shape index (κ1) is 18.3. The summed E-state index contributed by atoms with van der Waals surface area (Å²) in [6.45, 7) is 3.31. The number of alkyl halides is 1. The van der Waals surface area contributed by atoms with Crippen molar-refractivity contribution in [2.24, 2.45) is 0 Å². The highest BCUT2D eigenvalue weighted by molar-refractivity contribution is 14.1. The highest BCUT2D eigenvalue weighted by Crippen LogP contribution is 2.21. The van der Waals surface area contributed by atoms with Crippen LogP contribution < -0.4 is 0 Å². The van der Waals surface area contributed by atoms with Crippen molar-refractivity contribution in [1.82, 2.24) is 4.90 Å². The molecule has 0 atom stereocenters. The zero-order valence-corrected chi connectivity index (χ0v) is 15.0. The van der Waals surface area contributed by atoms with E-state index in [0.29, 0.717) is 44.2 Å². The number of amides is 2. The number of benzene rings is 1. The maximum Gasteiger partial charge on any atom is 0.261 e. The average Bonchev–Trinajstić information content (AvgIpc) is 2.81. The van der Waals surface area contributed by atoms with E-state index in [0.717, 1.165) is 11.0 Å². The Bertz CT molecular complexity index is 502. The lowest BCUT2D eigenvalue weighted by atomic mass is 10.1. The van der Waals surface area contributed by atoms with Gasteiger partial charge in [0.1, 0.15) is 0 Å². The molecule has 0 bridgehead atoms. The van der Waals surface area contributed by atoms with E-state index in [-0.39, 0.29) is 18.4 Å². The van der Waals surface area contributed by atoms with E-state index in [1.165, 1.54) is 4.90 Å². The molecule has 1 aliphatic rings. The van der Waals surface area contributed by atoms with E-state index in [1.807, 2.05) is 0 Å². The summed E-state index contributed by atoms with van der Waals surface area (Å²) in [5.41, 5.74) is 0.930. The Morgan fingerprint density at radius 2 is 1.26 bits per heavy atom. The molecule has 0 fully saturated rings. The second kappa shape index (κ2) is 9.96. The predicted molar refractivity (Wildman–Crippen MR) is 93.2 cm³/mol. The maximum absolute atomic E-state index is 12.1. The fourth-order valence-electron chi connectivity index (χ4n) is 2.19. The SMILES string of the molecule is O=C1c2ccccc2C(=O)N1CCOCCOCCOCCI. The molecule has 1 aromatic carbocycles. The van der Waals surface area contributed by atoms with Crippen LogP contribution in [-0.2, 0) is 14.2 Å². The van der Waals surface area contributed by atoms with Gasteiger partial charge in [-0.15, -0.1) is 0 Å². The van der Waals surface area contributed by atoms with Crippen LogP contribution >= 0.6 is 22.6 Å². The van der Waals surface area contributed by atoms with Crippen LogP contribution in [0.2, 0.25) is 0 Å². The molecule has 0 unspecified atom stereocenters. The Morgan fingerprint density at radius 1 is 0.783 bits per heavy atom. The van der Waals surface area contributed by atoms with E-state index in [2.05, 4.69) is 22.6 Å². The maximum atomic E-state index is 12.1. The zero-order valence-electron chi connectivity index (χ0n) is 12.8. The molecule has 0 aliphatic carbocycles. The van der Waals surface area contributed by atoms with Crippen molar-refractivity contribution in [2.75, 3.05) is 50.6 Å². The molecule has 2 rings (SSSR count). The molecule has 7 heteroatoms. The minimum atomic E-state index is -0.252. The summed E-state index contributed by atoms with van der Waals surface area (Å²) in [7, 11) is 0.